The van der Waals surface area contributed by atoms with Gasteiger partial charge in [-0.2, -0.15) is 0 Å². The second kappa shape index (κ2) is 6.17. The van der Waals surface area contributed by atoms with Gasteiger partial charge < -0.3 is 15.1 Å². The number of benzene rings is 1. The van der Waals surface area contributed by atoms with E-state index in [9.17, 15) is 14.4 Å². The van der Waals surface area contributed by atoms with Crippen LogP contribution < -0.4 is 0 Å². The lowest BCUT2D eigenvalue weighted by Crippen LogP contribution is -2.32. The molecule has 2 N–H and O–H groups in total. The molecule has 1 aliphatic heterocycles. The predicted octanol–water partition coefficient (Wildman–Crippen LogP) is 1.82. The number of carboxylic acid groups (broad SMARTS) is 2. The average molecular weight is 309 g/mol. The molecular formula is C14H15NO5S. The molecule has 1 fully saturated rings. The number of hydrogen-bond acceptors (Lipinski definition) is 4. The van der Waals surface area contributed by atoms with Gasteiger partial charge in [-0.25, -0.2) is 4.79 Å². The van der Waals surface area contributed by atoms with Crippen molar-refractivity contribution in [3.63, 3.8) is 0 Å². The monoisotopic (exact) mass is 309 g/mol. The molecule has 0 aliphatic carbocycles. The van der Waals surface area contributed by atoms with E-state index in [0.717, 1.165) is 5.56 Å². The standard InChI is InChI=1S/C14H15NO5S/c1-8-12(18)15(7-6-11(16)17)13(21-8)9-2-4-10(5-3-9)14(19)20/h2-5,8,13H,6-7H2,1H3,(H,16,17)(H,19,20). The molecule has 0 spiro atoms. The topological polar surface area (TPSA) is 94.9 Å². The van der Waals surface area contributed by atoms with E-state index in [4.69, 9.17) is 10.2 Å². The van der Waals surface area contributed by atoms with Crippen molar-refractivity contribution >= 4 is 29.6 Å². The fourth-order valence-corrected chi connectivity index (χ4v) is 3.48. The Bertz CT molecular complexity index is 571. The molecule has 112 valence electrons. The minimum atomic E-state index is -1.01. The lowest BCUT2D eigenvalue weighted by atomic mass is 10.1. The SMILES string of the molecule is CC1SC(c2ccc(C(=O)O)cc2)N(CCC(=O)O)C1=O. The van der Waals surface area contributed by atoms with Crippen LogP contribution in [0.1, 0.15) is 34.6 Å². The minimum absolute atomic E-state index is 0.0893. The van der Waals surface area contributed by atoms with Crippen LogP contribution in [0.2, 0.25) is 0 Å². The maximum absolute atomic E-state index is 12.1. The van der Waals surface area contributed by atoms with Crippen molar-refractivity contribution in [3.8, 4) is 0 Å². The maximum Gasteiger partial charge on any atom is 0.335 e. The van der Waals surface area contributed by atoms with E-state index in [2.05, 4.69) is 0 Å². The Balaban J connectivity index is 2.20. The second-order valence-corrected chi connectivity index (χ2v) is 6.16. The Morgan fingerprint density at radius 1 is 1.24 bits per heavy atom. The molecule has 0 bridgehead atoms. The van der Waals surface area contributed by atoms with Crippen LogP contribution in [-0.2, 0) is 9.59 Å². The maximum atomic E-state index is 12.1. The van der Waals surface area contributed by atoms with Crippen molar-refractivity contribution in [1.82, 2.24) is 4.90 Å². The Labute approximate surface area is 125 Å². The van der Waals surface area contributed by atoms with Crippen LogP contribution in [0.3, 0.4) is 0 Å². The van der Waals surface area contributed by atoms with Gasteiger partial charge in [-0.1, -0.05) is 12.1 Å². The van der Waals surface area contributed by atoms with Crippen molar-refractivity contribution in [2.45, 2.75) is 24.0 Å². The molecule has 1 heterocycles. The fourth-order valence-electron chi connectivity index (χ4n) is 2.17. The summed E-state index contributed by atoms with van der Waals surface area (Å²) < 4.78 is 0. The van der Waals surface area contributed by atoms with Crippen LogP contribution in [0, 0.1) is 0 Å². The average Bonchev–Trinajstić information content (AvgIpc) is 2.72. The van der Waals surface area contributed by atoms with Crippen LogP contribution in [0.25, 0.3) is 0 Å². The molecule has 2 unspecified atom stereocenters. The normalized spacial score (nSPS) is 21.6. The number of rotatable bonds is 5. The van der Waals surface area contributed by atoms with Crippen molar-refractivity contribution in [2.75, 3.05) is 6.54 Å². The summed E-state index contributed by atoms with van der Waals surface area (Å²) >= 11 is 1.44. The molecule has 0 radical (unpaired) electrons. The molecule has 2 atom stereocenters. The molecule has 0 aromatic heterocycles. The summed E-state index contributed by atoms with van der Waals surface area (Å²) in [6.07, 6.45) is -0.108. The Morgan fingerprint density at radius 2 is 1.86 bits per heavy atom. The number of hydrogen-bond donors (Lipinski definition) is 2. The third-order valence-electron chi connectivity index (χ3n) is 3.26. The summed E-state index contributed by atoms with van der Waals surface area (Å²) in [5.74, 6) is -2.05. The van der Waals surface area contributed by atoms with E-state index in [1.807, 2.05) is 0 Å². The molecule has 1 saturated heterocycles. The summed E-state index contributed by atoms with van der Waals surface area (Å²) in [5, 5.41) is 17.2. The quantitative estimate of drug-likeness (QED) is 0.861. The number of aliphatic carboxylic acids is 1. The summed E-state index contributed by atoms with van der Waals surface area (Å²) in [7, 11) is 0. The van der Waals surface area contributed by atoms with E-state index in [1.165, 1.54) is 23.9 Å². The smallest absolute Gasteiger partial charge is 0.335 e. The highest BCUT2D eigenvalue weighted by atomic mass is 32.2. The third kappa shape index (κ3) is 3.36. The van der Waals surface area contributed by atoms with Crippen LogP contribution in [0.5, 0.6) is 0 Å². The summed E-state index contributed by atoms with van der Waals surface area (Å²) in [6, 6.07) is 6.31. The van der Waals surface area contributed by atoms with E-state index >= 15 is 0 Å². The first-order chi connectivity index (χ1) is 9.90. The van der Waals surface area contributed by atoms with Gasteiger partial charge in [0.2, 0.25) is 5.91 Å². The van der Waals surface area contributed by atoms with Crippen molar-refractivity contribution in [2.24, 2.45) is 0 Å². The molecule has 21 heavy (non-hydrogen) atoms. The first-order valence-electron chi connectivity index (χ1n) is 6.41. The minimum Gasteiger partial charge on any atom is -0.481 e. The molecular weight excluding hydrogens is 294 g/mol. The lowest BCUT2D eigenvalue weighted by Gasteiger charge is -2.23. The molecule has 1 aliphatic rings. The molecule has 1 aromatic rings. The van der Waals surface area contributed by atoms with Gasteiger partial charge in [0.05, 0.1) is 17.2 Å². The van der Waals surface area contributed by atoms with Crippen LogP contribution >= 0.6 is 11.8 Å². The first kappa shape index (κ1) is 15.4. The van der Waals surface area contributed by atoms with Crippen molar-refractivity contribution < 1.29 is 24.6 Å². The van der Waals surface area contributed by atoms with Crippen LogP contribution in [-0.4, -0.2) is 44.8 Å². The predicted molar refractivity (Wildman–Crippen MR) is 77.2 cm³/mol. The number of carbonyl (C=O) groups excluding carboxylic acids is 1. The van der Waals surface area contributed by atoms with Gasteiger partial charge >= 0.3 is 11.9 Å². The number of thioether (sulfide) groups is 1. The van der Waals surface area contributed by atoms with Crippen molar-refractivity contribution in [1.29, 1.82) is 0 Å². The zero-order valence-corrected chi connectivity index (χ0v) is 12.2. The largest absolute Gasteiger partial charge is 0.481 e. The van der Waals surface area contributed by atoms with E-state index < -0.39 is 11.9 Å². The highest BCUT2D eigenvalue weighted by Crippen LogP contribution is 2.42. The summed E-state index contributed by atoms with van der Waals surface area (Å²) in [5.41, 5.74) is 0.978. The number of carbonyl (C=O) groups is 3. The summed E-state index contributed by atoms with van der Waals surface area (Å²) in [4.78, 5) is 35.2. The Kier molecular flexibility index (Phi) is 4.52. The Hall–Kier alpha value is -2.02. The third-order valence-corrected chi connectivity index (χ3v) is 4.65. The van der Waals surface area contributed by atoms with Crippen molar-refractivity contribution in [3.05, 3.63) is 35.4 Å². The Morgan fingerprint density at radius 3 is 2.38 bits per heavy atom. The van der Waals surface area contributed by atoms with Gasteiger partial charge in [-0.15, -0.1) is 11.8 Å². The van der Waals surface area contributed by atoms with Gasteiger partial charge in [-0.05, 0) is 24.6 Å². The molecule has 1 amide bonds. The highest BCUT2D eigenvalue weighted by molar-refractivity contribution is 8.01. The molecule has 1 aromatic carbocycles. The summed E-state index contributed by atoms with van der Waals surface area (Å²) in [6.45, 7) is 1.93. The molecule has 2 rings (SSSR count). The van der Waals surface area contributed by atoms with Crippen LogP contribution in [0.15, 0.2) is 24.3 Å². The number of aromatic carboxylic acids is 1. The zero-order valence-electron chi connectivity index (χ0n) is 11.4. The van der Waals surface area contributed by atoms with E-state index in [0.29, 0.717) is 0 Å². The van der Waals surface area contributed by atoms with Gasteiger partial charge in [0, 0.05) is 6.54 Å². The van der Waals surface area contributed by atoms with Gasteiger partial charge in [-0.3, -0.25) is 9.59 Å². The number of amides is 1. The number of nitrogens with zero attached hydrogens (tertiary/aromatic N) is 1. The number of carboxylic acids is 2. The first-order valence-corrected chi connectivity index (χ1v) is 7.35. The van der Waals surface area contributed by atoms with Gasteiger partial charge in [0.25, 0.3) is 0 Å². The molecule has 6 nitrogen and oxygen atoms in total. The van der Waals surface area contributed by atoms with Gasteiger partial charge in [0.15, 0.2) is 0 Å². The molecule has 7 heteroatoms. The lowest BCUT2D eigenvalue weighted by molar-refractivity contribution is -0.138. The van der Waals surface area contributed by atoms with Gasteiger partial charge in [0.1, 0.15) is 5.37 Å². The highest BCUT2D eigenvalue weighted by Gasteiger charge is 2.38. The second-order valence-electron chi connectivity index (χ2n) is 4.73. The van der Waals surface area contributed by atoms with Crippen LogP contribution in [0.4, 0.5) is 0 Å². The molecule has 0 saturated carbocycles. The fraction of sp³-hybridized carbons (Fsp3) is 0.357. The van der Waals surface area contributed by atoms with E-state index in [-0.39, 0.29) is 35.1 Å². The van der Waals surface area contributed by atoms with E-state index in [1.54, 1.807) is 24.0 Å². The zero-order chi connectivity index (χ0) is 15.6.